The normalized spacial score (nSPS) is 10.1. The molecule has 1 rings (SSSR count). The summed E-state index contributed by atoms with van der Waals surface area (Å²) >= 11 is 0. The van der Waals surface area contributed by atoms with Gasteiger partial charge in [0.05, 0.1) is 6.54 Å². The highest BCUT2D eigenvalue weighted by Gasteiger charge is 2.16. The Bertz CT molecular complexity index is 421. The van der Waals surface area contributed by atoms with E-state index in [1.54, 1.807) is 0 Å². The molecule has 0 saturated heterocycles. The summed E-state index contributed by atoms with van der Waals surface area (Å²) in [6, 6.07) is 0. The maximum absolute atomic E-state index is 11.7. The molecule has 6 nitrogen and oxygen atoms in total. The van der Waals surface area contributed by atoms with Crippen molar-refractivity contribution < 1.29 is 4.79 Å². The molecule has 0 unspecified atom stereocenters. The van der Waals surface area contributed by atoms with E-state index in [4.69, 9.17) is 0 Å². The van der Waals surface area contributed by atoms with Gasteiger partial charge < -0.3 is 15.5 Å². The standard InChI is InChI=1S/C13H23N5O/c1-5-10-12(14-4)16-9-17-13(10)18(7-3)8-11(19)15-6-2/h9H,5-8H2,1-4H3,(H,15,19)(H,14,16,17). The van der Waals surface area contributed by atoms with Gasteiger partial charge in [0, 0.05) is 25.7 Å². The van der Waals surface area contributed by atoms with Crippen molar-refractivity contribution in [1.29, 1.82) is 0 Å². The van der Waals surface area contributed by atoms with E-state index in [9.17, 15) is 4.79 Å². The number of likely N-dealkylation sites (N-methyl/N-ethyl adjacent to an activating group) is 2. The smallest absolute Gasteiger partial charge is 0.239 e. The van der Waals surface area contributed by atoms with Crippen molar-refractivity contribution in [3.63, 3.8) is 0 Å². The second kappa shape index (κ2) is 7.56. The molecule has 0 aliphatic carbocycles. The molecule has 0 fully saturated rings. The summed E-state index contributed by atoms with van der Waals surface area (Å²) in [6.07, 6.45) is 2.35. The van der Waals surface area contributed by atoms with Crippen LogP contribution in [0.3, 0.4) is 0 Å². The molecule has 1 aromatic heterocycles. The van der Waals surface area contributed by atoms with Gasteiger partial charge in [-0.05, 0) is 20.3 Å². The molecule has 6 heteroatoms. The molecule has 1 amide bonds. The third-order valence-corrected chi connectivity index (χ3v) is 2.90. The van der Waals surface area contributed by atoms with Gasteiger partial charge in [-0.3, -0.25) is 4.79 Å². The van der Waals surface area contributed by atoms with E-state index < -0.39 is 0 Å². The molecule has 0 atom stereocenters. The number of amides is 1. The van der Waals surface area contributed by atoms with Crippen LogP contribution in [0.1, 0.15) is 26.3 Å². The molecule has 0 saturated carbocycles. The Balaban J connectivity index is 3.00. The highest BCUT2D eigenvalue weighted by Crippen LogP contribution is 2.23. The molecule has 0 bridgehead atoms. The molecule has 0 aromatic carbocycles. The van der Waals surface area contributed by atoms with Gasteiger partial charge in [0.2, 0.25) is 5.91 Å². The third kappa shape index (κ3) is 3.81. The second-order valence-electron chi connectivity index (χ2n) is 4.10. The first kappa shape index (κ1) is 15.2. The van der Waals surface area contributed by atoms with Crippen molar-refractivity contribution in [3.8, 4) is 0 Å². The number of nitrogens with zero attached hydrogens (tertiary/aromatic N) is 3. The van der Waals surface area contributed by atoms with E-state index in [-0.39, 0.29) is 5.91 Å². The number of aromatic nitrogens is 2. The van der Waals surface area contributed by atoms with Gasteiger partial charge in [-0.15, -0.1) is 0 Å². The van der Waals surface area contributed by atoms with Crippen LogP contribution in [0, 0.1) is 0 Å². The summed E-state index contributed by atoms with van der Waals surface area (Å²) in [5, 5.41) is 5.87. The molecule has 1 heterocycles. The summed E-state index contributed by atoms with van der Waals surface area (Å²) in [5.41, 5.74) is 1.04. The molecule has 0 aliphatic heterocycles. The van der Waals surface area contributed by atoms with Crippen molar-refractivity contribution in [2.45, 2.75) is 27.2 Å². The predicted octanol–water partition coefficient (Wildman–Crippen LogP) is 1.04. The number of nitrogens with one attached hydrogen (secondary N) is 2. The minimum Gasteiger partial charge on any atom is -0.373 e. The molecular formula is C13H23N5O. The first-order chi connectivity index (χ1) is 9.17. The minimum absolute atomic E-state index is 0.0102. The fourth-order valence-electron chi connectivity index (χ4n) is 1.98. The van der Waals surface area contributed by atoms with Gasteiger partial charge in [0.25, 0.3) is 0 Å². The lowest BCUT2D eigenvalue weighted by Gasteiger charge is -2.24. The summed E-state index contributed by atoms with van der Waals surface area (Å²) < 4.78 is 0. The molecule has 106 valence electrons. The Labute approximate surface area is 114 Å². The van der Waals surface area contributed by atoms with Gasteiger partial charge in [0.1, 0.15) is 18.0 Å². The Kier molecular flexibility index (Phi) is 6.05. The van der Waals surface area contributed by atoms with Crippen molar-refractivity contribution in [3.05, 3.63) is 11.9 Å². The zero-order valence-corrected chi connectivity index (χ0v) is 12.2. The van der Waals surface area contributed by atoms with Crippen LogP contribution < -0.4 is 15.5 Å². The first-order valence-electron chi connectivity index (χ1n) is 6.71. The van der Waals surface area contributed by atoms with Crippen molar-refractivity contribution in [1.82, 2.24) is 15.3 Å². The van der Waals surface area contributed by atoms with E-state index in [1.807, 2.05) is 25.8 Å². The van der Waals surface area contributed by atoms with Gasteiger partial charge >= 0.3 is 0 Å². The van der Waals surface area contributed by atoms with Gasteiger partial charge in [-0.25, -0.2) is 9.97 Å². The maximum atomic E-state index is 11.7. The summed E-state index contributed by atoms with van der Waals surface area (Å²) in [4.78, 5) is 22.2. The Hall–Kier alpha value is -1.85. The van der Waals surface area contributed by atoms with Gasteiger partial charge in [-0.2, -0.15) is 0 Å². The SMILES string of the molecule is CCNC(=O)CN(CC)c1ncnc(NC)c1CC. The average Bonchev–Trinajstić information content (AvgIpc) is 2.44. The van der Waals surface area contributed by atoms with Crippen LogP contribution in [0.25, 0.3) is 0 Å². The number of carbonyl (C=O) groups is 1. The van der Waals surface area contributed by atoms with E-state index in [2.05, 4.69) is 27.5 Å². The highest BCUT2D eigenvalue weighted by atomic mass is 16.2. The lowest BCUT2D eigenvalue weighted by molar-refractivity contribution is -0.119. The maximum Gasteiger partial charge on any atom is 0.239 e. The van der Waals surface area contributed by atoms with E-state index >= 15 is 0 Å². The zero-order valence-electron chi connectivity index (χ0n) is 12.2. The Morgan fingerprint density at radius 1 is 1.32 bits per heavy atom. The van der Waals surface area contributed by atoms with Crippen LogP contribution in [0.2, 0.25) is 0 Å². The van der Waals surface area contributed by atoms with E-state index in [0.29, 0.717) is 13.1 Å². The van der Waals surface area contributed by atoms with Crippen LogP contribution in [0.15, 0.2) is 6.33 Å². The number of anilines is 2. The lowest BCUT2D eigenvalue weighted by atomic mass is 10.2. The summed E-state index contributed by atoms with van der Waals surface area (Å²) in [6.45, 7) is 7.67. The van der Waals surface area contributed by atoms with Crippen molar-refractivity contribution in [2.75, 3.05) is 36.9 Å². The van der Waals surface area contributed by atoms with Crippen LogP contribution in [0.4, 0.5) is 11.6 Å². The molecular weight excluding hydrogens is 242 g/mol. The number of hydrogen-bond acceptors (Lipinski definition) is 5. The molecule has 19 heavy (non-hydrogen) atoms. The van der Waals surface area contributed by atoms with Crippen LogP contribution in [0.5, 0.6) is 0 Å². The van der Waals surface area contributed by atoms with E-state index in [0.717, 1.165) is 30.2 Å². The summed E-state index contributed by atoms with van der Waals surface area (Å²) in [5.74, 6) is 1.66. The molecule has 0 radical (unpaired) electrons. The molecule has 0 aliphatic rings. The van der Waals surface area contributed by atoms with Gasteiger partial charge in [0.15, 0.2) is 0 Å². The largest absolute Gasteiger partial charge is 0.373 e. The molecule has 0 spiro atoms. The minimum atomic E-state index is 0.0102. The predicted molar refractivity (Wildman–Crippen MR) is 77.5 cm³/mol. The molecule has 1 aromatic rings. The van der Waals surface area contributed by atoms with E-state index in [1.165, 1.54) is 6.33 Å². The summed E-state index contributed by atoms with van der Waals surface area (Å²) in [7, 11) is 1.84. The average molecular weight is 265 g/mol. The zero-order chi connectivity index (χ0) is 14.3. The highest BCUT2D eigenvalue weighted by molar-refractivity contribution is 5.81. The number of carbonyl (C=O) groups excluding carboxylic acids is 1. The number of hydrogen-bond donors (Lipinski definition) is 2. The second-order valence-corrected chi connectivity index (χ2v) is 4.10. The van der Waals surface area contributed by atoms with Crippen molar-refractivity contribution in [2.24, 2.45) is 0 Å². The van der Waals surface area contributed by atoms with Crippen LogP contribution in [-0.4, -0.2) is 42.6 Å². The topological polar surface area (TPSA) is 70.2 Å². The number of rotatable bonds is 7. The van der Waals surface area contributed by atoms with Gasteiger partial charge in [-0.1, -0.05) is 6.92 Å². The Morgan fingerprint density at radius 3 is 2.58 bits per heavy atom. The van der Waals surface area contributed by atoms with Crippen LogP contribution in [-0.2, 0) is 11.2 Å². The fraction of sp³-hybridized carbons (Fsp3) is 0.615. The fourth-order valence-corrected chi connectivity index (χ4v) is 1.98. The monoisotopic (exact) mass is 265 g/mol. The Morgan fingerprint density at radius 2 is 2.05 bits per heavy atom. The van der Waals surface area contributed by atoms with Crippen molar-refractivity contribution >= 4 is 17.5 Å². The van der Waals surface area contributed by atoms with Crippen LogP contribution >= 0.6 is 0 Å². The third-order valence-electron chi connectivity index (χ3n) is 2.90. The first-order valence-corrected chi connectivity index (χ1v) is 6.71. The quantitative estimate of drug-likeness (QED) is 0.771. The lowest BCUT2D eigenvalue weighted by Crippen LogP contribution is -2.38. The molecule has 2 N–H and O–H groups in total.